The quantitative estimate of drug-likeness (QED) is 0.318. The number of alkyl halides is 1. The third-order valence-electron chi connectivity index (χ3n) is 3.34. The van der Waals surface area contributed by atoms with Crippen LogP contribution in [-0.2, 0) is 4.79 Å². The fourth-order valence-electron chi connectivity index (χ4n) is 2.24. The molecule has 0 unspecified atom stereocenters. The lowest BCUT2D eigenvalue weighted by Crippen LogP contribution is -2.28. The smallest absolute Gasteiger partial charge is 0.146 e. The van der Waals surface area contributed by atoms with Crippen LogP contribution in [0.3, 0.4) is 0 Å². The SMILES string of the molecule is C[Si](C)(C)CC#CCCC[C@@H]1CCCC(=O)[C@H]1Br. The summed E-state index contributed by atoms with van der Waals surface area (Å²) in [5, 5.41) is 0. The Morgan fingerprint density at radius 1 is 1.33 bits per heavy atom. The fraction of sp³-hybridized carbons (Fsp3) is 0.800. The van der Waals surface area contributed by atoms with Crippen LogP contribution in [-0.4, -0.2) is 18.7 Å². The third kappa shape index (κ3) is 6.20. The van der Waals surface area contributed by atoms with Gasteiger partial charge in [-0.25, -0.2) is 0 Å². The van der Waals surface area contributed by atoms with Crippen LogP contribution in [0.25, 0.3) is 0 Å². The molecular weight excluding hydrogens is 304 g/mol. The lowest BCUT2D eigenvalue weighted by atomic mass is 9.85. The molecule has 3 heteroatoms. The number of ketones is 1. The van der Waals surface area contributed by atoms with Crippen LogP contribution in [0.1, 0.15) is 38.5 Å². The molecular formula is C15H25BrOSi. The molecule has 0 heterocycles. The van der Waals surface area contributed by atoms with E-state index >= 15 is 0 Å². The average molecular weight is 329 g/mol. The number of hydrogen-bond acceptors (Lipinski definition) is 1. The summed E-state index contributed by atoms with van der Waals surface area (Å²) in [5.74, 6) is 7.55. The van der Waals surface area contributed by atoms with Gasteiger partial charge in [0.15, 0.2) is 0 Å². The van der Waals surface area contributed by atoms with Gasteiger partial charge in [0.05, 0.1) is 12.9 Å². The lowest BCUT2D eigenvalue weighted by molar-refractivity contribution is -0.120. The maximum Gasteiger partial charge on any atom is 0.146 e. The molecule has 1 rings (SSSR count). The molecule has 1 nitrogen and oxygen atoms in total. The molecule has 0 aromatic rings. The Morgan fingerprint density at radius 2 is 2.06 bits per heavy atom. The van der Waals surface area contributed by atoms with Gasteiger partial charge in [-0.05, 0) is 31.6 Å². The monoisotopic (exact) mass is 328 g/mol. The molecule has 0 bridgehead atoms. The summed E-state index contributed by atoms with van der Waals surface area (Å²) in [6.07, 6.45) is 6.32. The Labute approximate surface area is 121 Å². The van der Waals surface area contributed by atoms with Gasteiger partial charge in [0.2, 0.25) is 0 Å². The topological polar surface area (TPSA) is 17.1 Å². The van der Waals surface area contributed by atoms with Crippen molar-refractivity contribution in [2.75, 3.05) is 0 Å². The van der Waals surface area contributed by atoms with Crippen LogP contribution in [0.4, 0.5) is 0 Å². The van der Waals surface area contributed by atoms with Gasteiger partial charge in [0.25, 0.3) is 0 Å². The average Bonchev–Trinajstić information content (AvgIpc) is 2.27. The molecule has 0 saturated heterocycles. The number of carbonyl (C=O) groups excluding carboxylic acids is 1. The second kappa shape index (κ2) is 7.50. The van der Waals surface area contributed by atoms with Crippen molar-refractivity contribution in [2.45, 2.75) is 69.0 Å². The molecule has 1 aliphatic carbocycles. The van der Waals surface area contributed by atoms with Crippen LogP contribution in [0.2, 0.25) is 25.7 Å². The van der Waals surface area contributed by atoms with Gasteiger partial charge in [-0.2, -0.15) is 0 Å². The van der Waals surface area contributed by atoms with E-state index in [0.29, 0.717) is 11.7 Å². The molecule has 0 aromatic carbocycles. The summed E-state index contributed by atoms with van der Waals surface area (Å²) >= 11 is 3.55. The summed E-state index contributed by atoms with van der Waals surface area (Å²) in [4.78, 5) is 11.7. The Balaban J connectivity index is 2.19. The van der Waals surface area contributed by atoms with Gasteiger partial charge in [-0.1, -0.05) is 35.6 Å². The molecule has 0 N–H and O–H groups in total. The summed E-state index contributed by atoms with van der Waals surface area (Å²) in [6.45, 7) is 7.06. The van der Waals surface area contributed by atoms with Crippen LogP contribution in [0.5, 0.6) is 0 Å². The highest BCUT2D eigenvalue weighted by molar-refractivity contribution is 9.10. The Bertz CT molecular complexity index is 335. The zero-order valence-electron chi connectivity index (χ0n) is 11.9. The highest BCUT2D eigenvalue weighted by Gasteiger charge is 2.28. The van der Waals surface area contributed by atoms with Gasteiger partial charge in [-0.15, -0.1) is 11.8 Å². The second-order valence-corrected chi connectivity index (χ2v) is 13.0. The van der Waals surface area contributed by atoms with Crippen LogP contribution in [0.15, 0.2) is 0 Å². The van der Waals surface area contributed by atoms with Crippen LogP contribution >= 0.6 is 15.9 Å². The molecule has 18 heavy (non-hydrogen) atoms. The number of unbranched alkanes of at least 4 members (excludes halogenated alkanes) is 1. The van der Waals surface area contributed by atoms with Crippen molar-refractivity contribution in [3.63, 3.8) is 0 Å². The van der Waals surface area contributed by atoms with E-state index in [2.05, 4.69) is 47.4 Å². The first-order chi connectivity index (χ1) is 8.40. The second-order valence-electron chi connectivity index (χ2n) is 6.50. The minimum absolute atomic E-state index is 0.112. The molecule has 0 aliphatic heterocycles. The van der Waals surface area contributed by atoms with E-state index in [9.17, 15) is 4.79 Å². The zero-order chi connectivity index (χ0) is 13.6. The van der Waals surface area contributed by atoms with E-state index in [1.165, 1.54) is 6.42 Å². The molecule has 0 radical (unpaired) electrons. The minimum atomic E-state index is -0.996. The number of rotatable bonds is 4. The predicted molar refractivity (Wildman–Crippen MR) is 84.8 cm³/mol. The number of halogens is 1. The van der Waals surface area contributed by atoms with Gasteiger partial charge in [0.1, 0.15) is 5.78 Å². The molecule has 1 fully saturated rings. The Hall–Kier alpha value is -0.0731. The third-order valence-corrected chi connectivity index (χ3v) is 5.84. The molecule has 0 amide bonds. The first-order valence-corrected chi connectivity index (χ1v) is 11.6. The maximum absolute atomic E-state index is 11.6. The largest absolute Gasteiger partial charge is 0.298 e. The van der Waals surface area contributed by atoms with Gasteiger partial charge < -0.3 is 0 Å². The highest BCUT2D eigenvalue weighted by Crippen LogP contribution is 2.31. The number of carbonyl (C=O) groups is 1. The standard InChI is InChI=1S/C15H25BrOSi/c1-18(2,3)12-7-5-4-6-9-13-10-8-11-14(17)15(13)16/h13,15H,4,6,8-12H2,1-3H3/t13-,15+/m1/s1. The summed E-state index contributed by atoms with van der Waals surface area (Å²) in [6, 6.07) is 1.11. The predicted octanol–water partition coefficient (Wildman–Crippen LogP) is 4.63. The summed E-state index contributed by atoms with van der Waals surface area (Å²) in [7, 11) is -0.996. The Morgan fingerprint density at radius 3 is 2.72 bits per heavy atom. The molecule has 1 aliphatic rings. The lowest BCUT2D eigenvalue weighted by Gasteiger charge is -2.25. The van der Waals surface area contributed by atoms with Crippen molar-refractivity contribution in [3.8, 4) is 11.8 Å². The van der Waals surface area contributed by atoms with E-state index < -0.39 is 8.07 Å². The van der Waals surface area contributed by atoms with Gasteiger partial charge in [-0.3, -0.25) is 4.79 Å². The molecule has 0 spiro atoms. The van der Waals surface area contributed by atoms with E-state index in [1.807, 2.05) is 0 Å². The molecule has 0 aromatic heterocycles. The number of Topliss-reactive ketones (excluding diaryl/α,β-unsaturated/α-hetero) is 1. The number of hydrogen-bond donors (Lipinski definition) is 0. The van der Waals surface area contributed by atoms with E-state index in [0.717, 1.165) is 38.1 Å². The van der Waals surface area contributed by atoms with E-state index in [-0.39, 0.29) is 4.83 Å². The molecule has 1 saturated carbocycles. The van der Waals surface area contributed by atoms with E-state index in [4.69, 9.17) is 0 Å². The first kappa shape index (κ1) is 16.0. The highest BCUT2D eigenvalue weighted by atomic mass is 79.9. The van der Waals surface area contributed by atoms with Crippen LogP contribution < -0.4 is 0 Å². The van der Waals surface area contributed by atoms with Crippen molar-refractivity contribution < 1.29 is 4.79 Å². The Kier molecular flexibility index (Phi) is 6.66. The summed E-state index contributed by atoms with van der Waals surface area (Å²) in [5.41, 5.74) is 0. The summed E-state index contributed by atoms with van der Waals surface area (Å²) < 4.78 is 0. The van der Waals surface area contributed by atoms with Gasteiger partial charge in [0, 0.05) is 18.9 Å². The van der Waals surface area contributed by atoms with Crippen molar-refractivity contribution in [1.29, 1.82) is 0 Å². The van der Waals surface area contributed by atoms with Gasteiger partial charge >= 0.3 is 0 Å². The van der Waals surface area contributed by atoms with Crippen molar-refractivity contribution in [2.24, 2.45) is 5.92 Å². The van der Waals surface area contributed by atoms with E-state index in [1.54, 1.807) is 0 Å². The van der Waals surface area contributed by atoms with Crippen molar-refractivity contribution in [3.05, 3.63) is 0 Å². The van der Waals surface area contributed by atoms with Crippen molar-refractivity contribution >= 4 is 29.8 Å². The van der Waals surface area contributed by atoms with Crippen molar-refractivity contribution in [1.82, 2.24) is 0 Å². The maximum atomic E-state index is 11.6. The first-order valence-electron chi connectivity index (χ1n) is 7.03. The zero-order valence-corrected chi connectivity index (χ0v) is 14.5. The fourth-order valence-corrected chi connectivity index (χ4v) is 3.66. The molecule has 2 atom stereocenters. The van der Waals surface area contributed by atoms with Crippen LogP contribution in [0, 0.1) is 17.8 Å². The minimum Gasteiger partial charge on any atom is -0.298 e. The normalized spacial score (nSPS) is 24.6. The molecule has 102 valence electrons.